The lowest BCUT2D eigenvalue weighted by Crippen LogP contribution is -2.52. The predicted octanol–water partition coefficient (Wildman–Crippen LogP) is 2.94. The molecule has 1 saturated carbocycles. The highest BCUT2D eigenvalue weighted by molar-refractivity contribution is 5.91. The lowest BCUT2D eigenvalue weighted by Gasteiger charge is -2.40. The Morgan fingerprint density at radius 2 is 1.76 bits per heavy atom. The van der Waals surface area contributed by atoms with Crippen molar-refractivity contribution in [3.8, 4) is 5.75 Å². The zero-order valence-corrected chi connectivity index (χ0v) is 16.9. The van der Waals surface area contributed by atoms with Crippen LogP contribution in [0, 0.1) is 5.92 Å². The molecule has 2 heterocycles. The van der Waals surface area contributed by atoms with Gasteiger partial charge in [0.2, 0.25) is 11.8 Å². The molecule has 150 valence electrons. The van der Waals surface area contributed by atoms with Gasteiger partial charge in [0, 0.05) is 29.9 Å². The number of rotatable bonds is 2. The summed E-state index contributed by atoms with van der Waals surface area (Å²) in [6.07, 6.45) is 2.07. The first-order valence-corrected chi connectivity index (χ1v) is 10.3. The molecular weight excluding hydrogens is 364 g/mol. The van der Waals surface area contributed by atoms with Crippen LogP contribution in [0.25, 0.3) is 0 Å². The fraction of sp³-hybridized carbons (Fsp3) is 0.417. The molecule has 0 radical (unpaired) electrons. The topological polar surface area (TPSA) is 72.6 Å². The molecule has 5 nitrogen and oxygen atoms in total. The Bertz CT molecular complexity index is 1010. The Balaban J connectivity index is 1.48. The summed E-state index contributed by atoms with van der Waals surface area (Å²) in [6.45, 7) is 4.60. The van der Waals surface area contributed by atoms with Gasteiger partial charge in [0.1, 0.15) is 17.4 Å². The lowest BCUT2D eigenvalue weighted by atomic mass is 9.79. The number of carbonyl (C=O) groups is 2. The highest BCUT2D eigenvalue weighted by Gasteiger charge is 2.65. The van der Waals surface area contributed by atoms with E-state index >= 15 is 0 Å². The van der Waals surface area contributed by atoms with Crippen molar-refractivity contribution in [2.24, 2.45) is 11.7 Å². The fourth-order valence-corrected chi connectivity index (χ4v) is 5.49. The second kappa shape index (κ2) is 6.09. The van der Waals surface area contributed by atoms with E-state index in [2.05, 4.69) is 19.9 Å². The van der Waals surface area contributed by atoms with E-state index in [9.17, 15) is 9.59 Å². The Hall–Kier alpha value is -2.82. The van der Waals surface area contributed by atoms with Crippen LogP contribution in [-0.2, 0) is 28.0 Å². The number of fused-ring (bicyclic) bond motifs is 3. The molecule has 0 unspecified atom stereocenters. The van der Waals surface area contributed by atoms with Gasteiger partial charge in [-0.2, -0.15) is 0 Å². The molecule has 29 heavy (non-hydrogen) atoms. The molecule has 1 spiro atoms. The number of amides is 2. The second-order valence-corrected chi connectivity index (χ2v) is 9.30. The van der Waals surface area contributed by atoms with E-state index in [1.807, 2.05) is 42.5 Å². The second-order valence-electron chi connectivity index (χ2n) is 9.30. The van der Waals surface area contributed by atoms with Crippen molar-refractivity contribution in [2.45, 2.75) is 56.7 Å². The smallest absolute Gasteiger partial charge is 0.240 e. The van der Waals surface area contributed by atoms with Gasteiger partial charge in [0.15, 0.2) is 0 Å². The van der Waals surface area contributed by atoms with Crippen LogP contribution in [-0.4, -0.2) is 28.4 Å². The molecule has 2 N–H and O–H groups in total. The average molecular weight is 390 g/mol. The van der Waals surface area contributed by atoms with E-state index in [1.165, 1.54) is 0 Å². The van der Waals surface area contributed by atoms with E-state index in [0.717, 1.165) is 35.3 Å². The standard InChI is InChI=1S/C24H26N2O3/c1-23(2)14-24(17-9-5-6-10-20(17)29-23)12-18(24)22(28)26-13-16-8-4-3-7-15(16)11-19(26)21(25)27/h3-10,18-19H,11-14H2,1-2H3,(H2,25,27)/t18-,19+,24+/m1/s1. The van der Waals surface area contributed by atoms with E-state index in [-0.39, 0.29) is 22.8 Å². The molecular formula is C24H26N2O3. The zero-order valence-electron chi connectivity index (χ0n) is 16.9. The molecule has 0 saturated heterocycles. The molecule has 3 aliphatic rings. The van der Waals surface area contributed by atoms with Crippen molar-refractivity contribution in [3.05, 3.63) is 65.2 Å². The monoisotopic (exact) mass is 390 g/mol. The number of carbonyl (C=O) groups excluding carboxylic acids is 2. The Morgan fingerprint density at radius 3 is 2.52 bits per heavy atom. The largest absolute Gasteiger partial charge is 0.488 e. The summed E-state index contributed by atoms with van der Waals surface area (Å²) >= 11 is 0. The molecule has 1 fully saturated rings. The van der Waals surface area contributed by atoms with Gasteiger partial charge < -0.3 is 15.4 Å². The third kappa shape index (κ3) is 2.83. The summed E-state index contributed by atoms with van der Waals surface area (Å²) < 4.78 is 6.18. The third-order valence-corrected chi connectivity index (χ3v) is 6.78. The van der Waals surface area contributed by atoms with E-state index in [4.69, 9.17) is 10.5 Å². The number of hydrogen-bond donors (Lipinski definition) is 1. The van der Waals surface area contributed by atoms with Crippen molar-refractivity contribution in [2.75, 3.05) is 0 Å². The summed E-state index contributed by atoms with van der Waals surface area (Å²) in [5.74, 6) is 0.333. The maximum absolute atomic E-state index is 13.7. The summed E-state index contributed by atoms with van der Waals surface area (Å²) in [5.41, 5.74) is 8.48. The van der Waals surface area contributed by atoms with Crippen LogP contribution in [0.2, 0.25) is 0 Å². The number of hydrogen-bond acceptors (Lipinski definition) is 3. The third-order valence-electron chi connectivity index (χ3n) is 6.78. The maximum atomic E-state index is 13.7. The summed E-state index contributed by atoms with van der Waals surface area (Å²) in [6, 6.07) is 15.4. The number of ether oxygens (including phenoxy) is 1. The van der Waals surface area contributed by atoms with Gasteiger partial charge in [-0.1, -0.05) is 42.5 Å². The number of benzene rings is 2. The van der Waals surface area contributed by atoms with Crippen LogP contribution >= 0.6 is 0 Å². The molecule has 0 bridgehead atoms. The molecule has 2 amide bonds. The SMILES string of the molecule is CC1(C)C[C@@]2(C[C@@H]2C(=O)N2Cc3ccccc3C[C@H]2C(N)=O)c2ccccc2O1. The minimum atomic E-state index is -0.585. The Labute approximate surface area is 170 Å². The van der Waals surface area contributed by atoms with Gasteiger partial charge in [-0.3, -0.25) is 9.59 Å². The molecule has 2 aromatic rings. The Morgan fingerprint density at radius 1 is 1.07 bits per heavy atom. The van der Waals surface area contributed by atoms with Crippen molar-refractivity contribution in [1.82, 2.24) is 4.90 Å². The van der Waals surface area contributed by atoms with Crippen LogP contribution in [0.3, 0.4) is 0 Å². The van der Waals surface area contributed by atoms with Gasteiger partial charge in [-0.15, -0.1) is 0 Å². The lowest BCUT2D eigenvalue weighted by molar-refractivity contribution is -0.142. The zero-order chi connectivity index (χ0) is 20.4. The van der Waals surface area contributed by atoms with Crippen molar-refractivity contribution in [3.63, 3.8) is 0 Å². The Kier molecular flexibility index (Phi) is 3.83. The number of nitrogens with two attached hydrogens (primary N) is 1. The summed E-state index contributed by atoms with van der Waals surface area (Å²) in [7, 11) is 0. The van der Waals surface area contributed by atoms with E-state index in [0.29, 0.717) is 13.0 Å². The minimum absolute atomic E-state index is 0.0378. The van der Waals surface area contributed by atoms with Crippen LogP contribution < -0.4 is 10.5 Å². The summed E-state index contributed by atoms with van der Waals surface area (Å²) in [5, 5.41) is 0. The predicted molar refractivity (Wildman–Crippen MR) is 109 cm³/mol. The minimum Gasteiger partial charge on any atom is -0.488 e. The van der Waals surface area contributed by atoms with Crippen molar-refractivity contribution < 1.29 is 14.3 Å². The first kappa shape index (κ1) is 18.2. The van der Waals surface area contributed by atoms with Gasteiger partial charge in [-0.25, -0.2) is 0 Å². The molecule has 2 aliphatic heterocycles. The van der Waals surface area contributed by atoms with Crippen LogP contribution in [0.4, 0.5) is 0 Å². The fourth-order valence-electron chi connectivity index (χ4n) is 5.49. The maximum Gasteiger partial charge on any atom is 0.240 e. The van der Waals surface area contributed by atoms with E-state index < -0.39 is 11.9 Å². The molecule has 1 aliphatic carbocycles. The normalized spacial score (nSPS) is 28.8. The van der Waals surface area contributed by atoms with Gasteiger partial charge in [0.05, 0.1) is 0 Å². The quantitative estimate of drug-likeness (QED) is 0.857. The number of nitrogens with zero attached hydrogens (tertiary/aromatic N) is 1. The highest BCUT2D eigenvalue weighted by atomic mass is 16.5. The van der Waals surface area contributed by atoms with Crippen LogP contribution in [0.5, 0.6) is 5.75 Å². The van der Waals surface area contributed by atoms with E-state index in [1.54, 1.807) is 4.90 Å². The number of para-hydroxylation sites is 1. The molecule has 0 aromatic heterocycles. The summed E-state index contributed by atoms with van der Waals surface area (Å²) in [4.78, 5) is 27.6. The van der Waals surface area contributed by atoms with Crippen LogP contribution in [0.15, 0.2) is 48.5 Å². The molecule has 2 aromatic carbocycles. The molecule has 5 rings (SSSR count). The van der Waals surface area contributed by atoms with Crippen molar-refractivity contribution >= 4 is 11.8 Å². The van der Waals surface area contributed by atoms with Gasteiger partial charge in [0.25, 0.3) is 0 Å². The first-order chi connectivity index (χ1) is 13.8. The van der Waals surface area contributed by atoms with Crippen molar-refractivity contribution in [1.29, 1.82) is 0 Å². The van der Waals surface area contributed by atoms with Gasteiger partial charge >= 0.3 is 0 Å². The first-order valence-electron chi connectivity index (χ1n) is 10.3. The molecule has 3 atom stereocenters. The number of primary amides is 1. The van der Waals surface area contributed by atoms with Crippen LogP contribution in [0.1, 0.15) is 43.4 Å². The molecule has 5 heteroatoms. The van der Waals surface area contributed by atoms with Gasteiger partial charge in [-0.05, 0) is 43.9 Å². The highest BCUT2D eigenvalue weighted by Crippen LogP contribution is 2.64. The average Bonchev–Trinajstić information content (AvgIpc) is 3.39.